The summed E-state index contributed by atoms with van der Waals surface area (Å²) in [6, 6.07) is 3.98. The molecule has 1 atom stereocenters. The molecule has 1 aliphatic heterocycles. The van der Waals surface area contributed by atoms with Crippen LogP contribution < -0.4 is 4.74 Å². The second kappa shape index (κ2) is 7.54. The number of amides is 1. The first-order valence-corrected chi connectivity index (χ1v) is 10.8. The van der Waals surface area contributed by atoms with Crippen LogP contribution >= 0.6 is 15.9 Å². The molecule has 2 aliphatic rings. The van der Waals surface area contributed by atoms with E-state index in [1.807, 2.05) is 37.6 Å². The van der Waals surface area contributed by atoms with Crippen molar-refractivity contribution >= 4 is 33.1 Å². The number of aromatic nitrogens is 3. The van der Waals surface area contributed by atoms with Gasteiger partial charge < -0.3 is 14.4 Å². The first kappa shape index (κ1) is 19.5. The van der Waals surface area contributed by atoms with Gasteiger partial charge in [0.2, 0.25) is 0 Å². The molecule has 1 saturated carbocycles. The van der Waals surface area contributed by atoms with Crippen molar-refractivity contribution in [2.24, 2.45) is 5.92 Å². The topological polar surface area (TPSA) is 69.5 Å². The molecule has 4 rings (SSSR count). The molecule has 2 heterocycles. The number of hydrogen-bond acceptors (Lipinski definition) is 5. The standard InChI is InChI=1S/C20H27BrN4O3/c1-20(2,3)28-19(26)24-10-4-5-14(24)12-27-16-9-8-15-18(17(16)21)22-23-25(15)11-13-6-7-13/h8-9,13-14H,4-7,10-12H2,1-3H3/t14-/m1/s1. The number of fused-ring (bicyclic) bond motifs is 1. The first-order chi connectivity index (χ1) is 13.3. The Morgan fingerprint density at radius 1 is 1.29 bits per heavy atom. The molecule has 0 N–H and O–H groups in total. The van der Waals surface area contributed by atoms with Crippen LogP contribution in [0.2, 0.25) is 0 Å². The largest absolute Gasteiger partial charge is 0.490 e. The molecule has 1 saturated heterocycles. The predicted octanol–water partition coefficient (Wildman–Crippen LogP) is 4.38. The maximum Gasteiger partial charge on any atom is 0.410 e. The van der Waals surface area contributed by atoms with Crippen LogP contribution in [0.15, 0.2) is 16.6 Å². The van der Waals surface area contributed by atoms with Crippen molar-refractivity contribution in [2.75, 3.05) is 13.2 Å². The van der Waals surface area contributed by atoms with Crippen molar-refractivity contribution in [1.82, 2.24) is 19.9 Å². The molecule has 0 spiro atoms. The zero-order valence-corrected chi connectivity index (χ0v) is 18.2. The lowest BCUT2D eigenvalue weighted by molar-refractivity contribution is 0.0187. The molecule has 1 aromatic carbocycles. The summed E-state index contributed by atoms with van der Waals surface area (Å²) in [4.78, 5) is 14.2. The Kier molecular flexibility index (Phi) is 5.24. The lowest BCUT2D eigenvalue weighted by Gasteiger charge is -2.28. The minimum Gasteiger partial charge on any atom is -0.490 e. The lowest BCUT2D eigenvalue weighted by Crippen LogP contribution is -2.42. The van der Waals surface area contributed by atoms with E-state index in [0.717, 1.165) is 46.6 Å². The van der Waals surface area contributed by atoms with Crippen molar-refractivity contribution in [1.29, 1.82) is 0 Å². The van der Waals surface area contributed by atoms with Gasteiger partial charge >= 0.3 is 6.09 Å². The van der Waals surface area contributed by atoms with Gasteiger partial charge in [-0.2, -0.15) is 0 Å². The van der Waals surface area contributed by atoms with Crippen molar-refractivity contribution in [2.45, 2.75) is 64.6 Å². The van der Waals surface area contributed by atoms with E-state index < -0.39 is 5.60 Å². The maximum absolute atomic E-state index is 12.4. The molecule has 0 radical (unpaired) electrons. The summed E-state index contributed by atoms with van der Waals surface area (Å²) < 4.78 is 14.4. The predicted molar refractivity (Wildman–Crippen MR) is 109 cm³/mol. The molecule has 0 bridgehead atoms. The van der Waals surface area contributed by atoms with Crippen LogP contribution in [0.5, 0.6) is 5.75 Å². The zero-order chi connectivity index (χ0) is 19.9. The van der Waals surface area contributed by atoms with Crippen LogP contribution in [-0.4, -0.2) is 50.8 Å². The fourth-order valence-corrected chi connectivity index (χ4v) is 4.06. The Labute approximate surface area is 173 Å². The average Bonchev–Trinajstić information content (AvgIpc) is 3.14. The van der Waals surface area contributed by atoms with E-state index in [2.05, 4.69) is 26.2 Å². The van der Waals surface area contributed by atoms with Gasteiger partial charge in [-0.05, 0) is 80.4 Å². The van der Waals surface area contributed by atoms with Crippen LogP contribution in [0, 0.1) is 5.92 Å². The van der Waals surface area contributed by atoms with E-state index >= 15 is 0 Å². The summed E-state index contributed by atoms with van der Waals surface area (Å²) in [5.74, 6) is 1.46. The molecule has 8 heteroatoms. The van der Waals surface area contributed by atoms with E-state index in [-0.39, 0.29) is 12.1 Å². The quantitative estimate of drug-likeness (QED) is 0.675. The number of benzene rings is 1. The van der Waals surface area contributed by atoms with Gasteiger partial charge in [-0.25, -0.2) is 9.48 Å². The number of nitrogens with zero attached hydrogens (tertiary/aromatic N) is 4. The van der Waals surface area contributed by atoms with Crippen LogP contribution in [0.1, 0.15) is 46.5 Å². The third kappa shape index (κ3) is 4.26. The van der Waals surface area contributed by atoms with Crippen molar-refractivity contribution < 1.29 is 14.3 Å². The Balaban J connectivity index is 1.43. The van der Waals surface area contributed by atoms with Gasteiger partial charge in [-0.15, -0.1) is 5.10 Å². The Morgan fingerprint density at radius 3 is 2.79 bits per heavy atom. The SMILES string of the molecule is CC(C)(C)OC(=O)N1CCC[C@@H]1COc1ccc2c(nnn2CC2CC2)c1Br. The Hall–Kier alpha value is -1.83. The third-order valence-electron chi connectivity index (χ3n) is 5.15. The highest BCUT2D eigenvalue weighted by Crippen LogP contribution is 2.35. The van der Waals surface area contributed by atoms with Gasteiger partial charge in [0, 0.05) is 13.1 Å². The first-order valence-electron chi connectivity index (χ1n) is 9.96. The minimum absolute atomic E-state index is 0.0167. The molecule has 28 heavy (non-hydrogen) atoms. The van der Waals surface area contributed by atoms with Crippen molar-refractivity contribution in [3.63, 3.8) is 0 Å². The Bertz CT molecular complexity index is 872. The van der Waals surface area contributed by atoms with Crippen molar-refractivity contribution in [3.8, 4) is 5.75 Å². The van der Waals surface area contributed by atoms with E-state index in [1.54, 1.807) is 4.90 Å². The molecular formula is C20H27BrN4O3. The molecule has 1 aliphatic carbocycles. The highest BCUT2D eigenvalue weighted by molar-refractivity contribution is 9.10. The summed E-state index contributed by atoms with van der Waals surface area (Å²) in [5.41, 5.74) is 1.33. The van der Waals surface area contributed by atoms with Gasteiger partial charge in [0.05, 0.1) is 16.0 Å². The second-order valence-electron chi connectivity index (χ2n) is 8.74. The molecular weight excluding hydrogens is 424 g/mol. The summed E-state index contributed by atoms with van der Waals surface area (Å²) in [6.07, 6.45) is 4.16. The number of rotatable bonds is 5. The summed E-state index contributed by atoms with van der Waals surface area (Å²) in [7, 11) is 0. The molecule has 2 fully saturated rings. The lowest BCUT2D eigenvalue weighted by atomic mass is 10.2. The fraction of sp³-hybridized carbons (Fsp3) is 0.650. The number of hydrogen-bond donors (Lipinski definition) is 0. The number of likely N-dealkylation sites (tertiary alicyclic amines) is 1. The maximum atomic E-state index is 12.4. The number of carbonyl (C=O) groups excluding carboxylic acids is 1. The molecule has 1 amide bonds. The summed E-state index contributed by atoms with van der Waals surface area (Å²) >= 11 is 3.62. The van der Waals surface area contributed by atoms with Gasteiger partial charge in [0.25, 0.3) is 0 Å². The highest BCUT2D eigenvalue weighted by Gasteiger charge is 2.33. The monoisotopic (exact) mass is 450 g/mol. The fourth-order valence-electron chi connectivity index (χ4n) is 3.53. The van der Waals surface area contributed by atoms with E-state index in [9.17, 15) is 4.79 Å². The van der Waals surface area contributed by atoms with Crippen LogP contribution in [0.4, 0.5) is 4.79 Å². The van der Waals surface area contributed by atoms with Gasteiger partial charge in [-0.1, -0.05) is 5.21 Å². The highest BCUT2D eigenvalue weighted by atomic mass is 79.9. The van der Waals surface area contributed by atoms with Crippen LogP contribution in [-0.2, 0) is 11.3 Å². The van der Waals surface area contributed by atoms with Gasteiger partial charge in [0.15, 0.2) is 0 Å². The molecule has 7 nitrogen and oxygen atoms in total. The summed E-state index contributed by atoms with van der Waals surface area (Å²) in [5, 5.41) is 8.62. The summed E-state index contributed by atoms with van der Waals surface area (Å²) in [6.45, 7) is 7.72. The molecule has 0 unspecified atom stereocenters. The molecule has 152 valence electrons. The molecule has 1 aromatic heterocycles. The number of ether oxygens (including phenoxy) is 2. The van der Waals surface area contributed by atoms with E-state index in [0.29, 0.717) is 13.2 Å². The van der Waals surface area contributed by atoms with Gasteiger partial charge in [-0.3, -0.25) is 0 Å². The zero-order valence-electron chi connectivity index (χ0n) is 16.7. The second-order valence-corrected chi connectivity index (χ2v) is 9.53. The van der Waals surface area contributed by atoms with E-state index in [4.69, 9.17) is 9.47 Å². The smallest absolute Gasteiger partial charge is 0.410 e. The molecule has 2 aromatic rings. The van der Waals surface area contributed by atoms with Crippen LogP contribution in [0.25, 0.3) is 11.0 Å². The minimum atomic E-state index is -0.495. The number of carbonyl (C=O) groups is 1. The Morgan fingerprint density at radius 2 is 2.07 bits per heavy atom. The van der Waals surface area contributed by atoms with Crippen molar-refractivity contribution in [3.05, 3.63) is 16.6 Å². The average molecular weight is 451 g/mol. The van der Waals surface area contributed by atoms with Gasteiger partial charge in [0.1, 0.15) is 23.5 Å². The number of halogens is 1. The normalized spacial score (nSPS) is 20.0. The third-order valence-corrected chi connectivity index (χ3v) is 5.92. The van der Waals surface area contributed by atoms with Crippen LogP contribution in [0.3, 0.4) is 0 Å². The van der Waals surface area contributed by atoms with E-state index in [1.165, 1.54) is 12.8 Å².